The number of benzene rings is 1. The van der Waals surface area contributed by atoms with Gasteiger partial charge in [-0.15, -0.1) is 0 Å². The van der Waals surface area contributed by atoms with Crippen molar-refractivity contribution in [2.24, 2.45) is 0 Å². The van der Waals surface area contributed by atoms with Crippen LogP contribution in [0.15, 0.2) is 18.2 Å². The van der Waals surface area contributed by atoms with Gasteiger partial charge in [0.2, 0.25) is 11.8 Å². The van der Waals surface area contributed by atoms with Crippen molar-refractivity contribution >= 4 is 41.7 Å². The van der Waals surface area contributed by atoms with Gasteiger partial charge in [0.05, 0.1) is 0 Å². The van der Waals surface area contributed by atoms with Crippen LogP contribution in [0.2, 0.25) is 5.02 Å². The minimum absolute atomic E-state index is 0.227. The lowest BCUT2D eigenvalue weighted by Gasteiger charge is -2.16. The summed E-state index contributed by atoms with van der Waals surface area (Å²) in [6.45, 7) is 3.17. The largest absolute Gasteiger partial charge is 0.344 e. The number of carbonyl (C=O) groups excluding carboxylic acids is 2. The maximum absolute atomic E-state index is 11.9. The van der Waals surface area contributed by atoms with Crippen LogP contribution in [0, 0.1) is 6.92 Å². The lowest BCUT2D eigenvalue weighted by molar-refractivity contribution is -0.124. The number of hydrogen-bond donors (Lipinski definition) is 3. The standard InChI is InChI=1S/C12H15ClN2O2S/c1-7-9(13)4-3-5-10(7)15-12(17)11(6-18)14-8(2)16/h3-5,11,18H,6H2,1-2H3,(H,14,16)(H,15,17). The molecular formula is C12H15ClN2O2S. The fourth-order valence-electron chi connectivity index (χ4n) is 1.40. The van der Waals surface area contributed by atoms with E-state index in [-0.39, 0.29) is 17.6 Å². The summed E-state index contributed by atoms with van der Waals surface area (Å²) in [6.07, 6.45) is 0. The van der Waals surface area contributed by atoms with E-state index in [0.717, 1.165) is 5.56 Å². The monoisotopic (exact) mass is 286 g/mol. The van der Waals surface area contributed by atoms with Gasteiger partial charge in [0.25, 0.3) is 0 Å². The van der Waals surface area contributed by atoms with Crippen molar-refractivity contribution < 1.29 is 9.59 Å². The number of anilines is 1. The van der Waals surface area contributed by atoms with E-state index in [9.17, 15) is 9.59 Å². The zero-order valence-electron chi connectivity index (χ0n) is 10.2. The van der Waals surface area contributed by atoms with Gasteiger partial charge in [0, 0.05) is 23.4 Å². The molecule has 0 heterocycles. The number of carbonyl (C=O) groups is 2. The van der Waals surface area contributed by atoms with E-state index >= 15 is 0 Å². The van der Waals surface area contributed by atoms with E-state index in [0.29, 0.717) is 10.7 Å². The van der Waals surface area contributed by atoms with Gasteiger partial charge < -0.3 is 10.6 Å². The summed E-state index contributed by atoms with van der Waals surface area (Å²) in [6, 6.07) is 4.59. The van der Waals surface area contributed by atoms with Crippen LogP contribution in [0.1, 0.15) is 12.5 Å². The molecule has 0 bridgehead atoms. The molecule has 6 heteroatoms. The molecule has 1 rings (SSSR count). The summed E-state index contributed by atoms with van der Waals surface area (Å²) in [5.41, 5.74) is 1.41. The van der Waals surface area contributed by atoms with Gasteiger partial charge in [-0.3, -0.25) is 9.59 Å². The van der Waals surface area contributed by atoms with E-state index in [1.165, 1.54) is 6.92 Å². The molecule has 98 valence electrons. The average molecular weight is 287 g/mol. The highest BCUT2D eigenvalue weighted by atomic mass is 35.5. The fourth-order valence-corrected chi connectivity index (χ4v) is 1.83. The maximum atomic E-state index is 11.9. The summed E-state index contributed by atoms with van der Waals surface area (Å²) >= 11 is 10.00. The Labute approximate surface area is 117 Å². The van der Waals surface area contributed by atoms with E-state index < -0.39 is 6.04 Å². The first-order valence-electron chi connectivity index (χ1n) is 5.39. The van der Waals surface area contributed by atoms with Crippen molar-refractivity contribution in [3.8, 4) is 0 Å². The molecule has 1 aromatic rings. The topological polar surface area (TPSA) is 58.2 Å². The van der Waals surface area contributed by atoms with Crippen LogP contribution in [-0.4, -0.2) is 23.6 Å². The molecule has 2 amide bonds. The van der Waals surface area contributed by atoms with Crippen LogP contribution < -0.4 is 10.6 Å². The zero-order valence-corrected chi connectivity index (χ0v) is 11.8. The molecule has 0 radical (unpaired) electrons. The van der Waals surface area contributed by atoms with Crippen molar-refractivity contribution in [1.29, 1.82) is 0 Å². The Hall–Kier alpha value is -1.20. The smallest absolute Gasteiger partial charge is 0.247 e. The van der Waals surface area contributed by atoms with Gasteiger partial charge >= 0.3 is 0 Å². The average Bonchev–Trinajstić information content (AvgIpc) is 2.31. The van der Waals surface area contributed by atoms with Crippen molar-refractivity contribution in [3.05, 3.63) is 28.8 Å². The number of halogens is 1. The van der Waals surface area contributed by atoms with Gasteiger partial charge in [-0.1, -0.05) is 17.7 Å². The molecule has 2 N–H and O–H groups in total. The molecule has 0 aromatic heterocycles. The van der Waals surface area contributed by atoms with Crippen molar-refractivity contribution in [2.45, 2.75) is 19.9 Å². The van der Waals surface area contributed by atoms with Crippen LogP contribution >= 0.6 is 24.2 Å². The predicted octanol–water partition coefficient (Wildman–Crippen LogP) is 2.02. The predicted molar refractivity (Wildman–Crippen MR) is 76.3 cm³/mol. The SMILES string of the molecule is CC(=O)NC(CS)C(=O)Nc1cccc(Cl)c1C. The number of thiol groups is 1. The number of nitrogens with one attached hydrogen (secondary N) is 2. The first-order valence-corrected chi connectivity index (χ1v) is 6.40. The molecule has 18 heavy (non-hydrogen) atoms. The Morgan fingerprint density at radius 2 is 2.11 bits per heavy atom. The Kier molecular flexibility index (Phi) is 5.50. The Bertz CT molecular complexity index is 465. The van der Waals surface area contributed by atoms with Crippen molar-refractivity contribution in [1.82, 2.24) is 5.32 Å². The molecule has 1 atom stereocenters. The number of amides is 2. The van der Waals surface area contributed by atoms with Crippen LogP contribution in [0.25, 0.3) is 0 Å². The van der Waals surface area contributed by atoms with Gasteiger partial charge in [-0.2, -0.15) is 12.6 Å². The molecule has 4 nitrogen and oxygen atoms in total. The third-order valence-corrected chi connectivity index (χ3v) is 3.18. The molecule has 0 fully saturated rings. The molecule has 1 aromatic carbocycles. The molecule has 0 aliphatic heterocycles. The molecule has 0 spiro atoms. The van der Waals surface area contributed by atoms with E-state index in [4.69, 9.17) is 11.6 Å². The number of hydrogen-bond acceptors (Lipinski definition) is 3. The Morgan fingerprint density at radius 1 is 1.44 bits per heavy atom. The molecular weight excluding hydrogens is 272 g/mol. The highest BCUT2D eigenvalue weighted by molar-refractivity contribution is 7.80. The quantitative estimate of drug-likeness (QED) is 0.742. The summed E-state index contributed by atoms with van der Waals surface area (Å²) in [7, 11) is 0. The Balaban J connectivity index is 2.80. The van der Waals surface area contributed by atoms with E-state index in [1.807, 2.05) is 6.92 Å². The van der Waals surface area contributed by atoms with Crippen LogP contribution in [0.3, 0.4) is 0 Å². The van der Waals surface area contributed by atoms with Gasteiger partial charge in [-0.25, -0.2) is 0 Å². The second-order valence-corrected chi connectivity index (χ2v) is 4.61. The van der Waals surface area contributed by atoms with Crippen LogP contribution in [0.5, 0.6) is 0 Å². The second kappa shape index (κ2) is 6.66. The highest BCUT2D eigenvalue weighted by Crippen LogP contribution is 2.22. The Morgan fingerprint density at radius 3 is 2.67 bits per heavy atom. The maximum Gasteiger partial charge on any atom is 0.247 e. The van der Waals surface area contributed by atoms with Gasteiger partial charge in [-0.05, 0) is 24.6 Å². The third kappa shape index (κ3) is 3.92. The number of rotatable bonds is 4. The molecule has 0 aliphatic carbocycles. The molecule has 0 aliphatic rings. The lowest BCUT2D eigenvalue weighted by atomic mass is 10.2. The lowest BCUT2D eigenvalue weighted by Crippen LogP contribution is -2.44. The highest BCUT2D eigenvalue weighted by Gasteiger charge is 2.18. The zero-order chi connectivity index (χ0) is 13.7. The minimum atomic E-state index is -0.663. The van der Waals surface area contributed by atoms with Crippen molar-refractivity contribution in [3.63, 3.8) is 0 Å². The van der Waals surface area contributed by atoms with E-state index in [1.54, 1.807) is 18.2 Å². The summed E-state index contributed by atoms with van der Waals surface area (Å²) in [5, 5.41) is 5.82. The molecule has 0 saturated carbocycles. The first kappa shape index (κ1) is 14.9. The molecule has 1 unspecified atom stereocenters. The summed E-state index contributed by atoms with van der Waals surface area (Å²) in [5.74, 6) is -0.358. The summed E-state index contributed by atoms with van der Waals surface area (Å²) in [4.78, 5) is 22.9. The van der Waals surface area contributed by atoms with Crippen LogP contribution in [0.4, 0.5) is 5.69 Å². The van der Waals surface area contributed by atoms with Crippen molar-refractivity contribution in [2.75, 3.05) is 11.1 Å². The second-order valence-electron chi connectivity index (χ2n) is 3.84. The minimum Gasteiger partial charge on any atom is -0.344 e. The first-order chi connectivity index (χ1) is 8.45. The van der Waals surface area contributed by atoms with Gasteiger partial charge in [0.15, 0.2) is 0 Å². The summed E-state index contributed by atoms with van der Waals surface area (Å²) < 4.78 is 0. The fraction of sp³-hybridized carbons (Fsp3) is 0.333. The van der Waals surface area contributed by atoms with E-state index in [2.05, 4.69) is 23.3 Å². The van der Waals surface area contributed by atoms with Crippen LogP contribution in [-0.2, 0) is 9.59 Å². The third-order valence-electron chi connectivity index (χ3n) is 2.40. The van der Waals surface area contributed by atoms with Gasteiger partial charge in [0.1, 0.15) is 6.04 Å². The normalized spacial score (nSPS) is 11.8. The molecule has 0 saturated heterocycles.